The fourth-order valence-corrected chi connectivity index (χ4v) is 4.74. The van der Waals surface area contributed by atoms with Gasteiger partial charge >= 0.3 is 0 Å². The van der Waals surface area contributed by atoms with Crippen LogP contribution in [0, 0.1) is 0 Å². The molecule has 7 heteroatoms. The van der Waals surface area contributed by atoms with Gasteiger partial charge in [-0.05, 0) is 56.0 Å². The van der Waals surface area contributed by atoms with Crippen molar-refractivity contribution in [2.24, 2.45) is 0 Å². The highest BCUT2D eigenvalue weighted by Gasteiger charge is 2.24. The molecule has 0 N–H and O–H groups in total. The lowest BCUT2D eigenvalue weighted by molar-refractivity contribution is -0.131. The van der Waals surface area contributed by atoms with Crippen LogP contribution in [-0.2, 0) is 11.3 Å². The van der Waals surface area contributed by atoms with E-state index in [0.29, 0.717) is 23.4 Å². The molecule has 30 heavy (non-hydrogen) atoms. The van der Waals surface area contributed by atoms with Crippen LogP contribution in [0.1, 0.15) is 31.7 Å². The molecule has 0 radical (unpaired) electrons. The summed E-state index contributed by atoms with van der Waals surface area (Å²) in [4.78, 5) is 14.8. The number of carbonyl (C=O) groups is 1. The van der Waals surface area contributed by atoms with E-state index in [1.54, 1.807) is 0 Å². The minimum absolute atomic E-state index is 0.175. The van der Waals surface area contributed by atoms with E-state index in [2.05, 4.69) is 33.8 Å². The van der Waals surface area contributed by atoms with Gasteiger partial charge in [-0.25, -0.2) is 0 Å². The molecule has 0 saturated carbocycles. The molecular formula is C23H25ClN4OS. The van der Waals surface area contributed by atoms with Crippen molar-refractivity contribution in [2.45, 2.75) is 43.9 Å². The van der Waals surface area contributed by atoms with Gasteiger partial charge in [0.1, 0.15) is 0 Å². The first kappa shape index (κ1) is 20.9. The zero-order valence-electron chi connectivity index (χ0n) is 17.0. The molecule has 4 rings (SSSR count). The topological polar surface area (TPSA) is 51.0 Å². The molecule has 0 aliphatic carbocycles. The van der Waals surface area contributed by atoms with Crippen LogP contribution in [0.5, 0.6) is 0 Å². The fourth-order valence-electron chi connectivity index (χ4n) is 3.79. The molecule has 0 bridgehead atoms. The van der Waals surface area contributed by atoms with Gasteiger partial charge in [-0.1, -0.05) is 53.7 Å². The number of thioether (sulfide) groups is 1. The lowest BCUT2D eigenvalue weighted by Gasteiger charge is -2.33. The van der Waals surface area contributed by atoms with Gasteiger partial charge in [-0.15, -0.1) is 10.2 Å². The van der Waals surface area contributed by atoms with Crippen LogP contribution in [0.25, 0.3) is 11.4 Å². The fraction of sp³-hybridized carbons (Fsp3) is 0.348. The Morgan fingerprint density at radius 2 is 1.87 bits per heavy atom. The number of amides is 1. The Bertz CT molecular complexity index is 990. The summed E-state index contributed by atoms with van der Waals surface area (Å²) in [6.45, 7) is 3.63. The van der Waals surface area contributed by atoms with Crippen LogP contribution < -0.4 is 0 Å². The second kappa shape index (κ2) is 9.67. The van der Waals surface area contributed by atoms with Crippen molar-refractivity contribution in [1.82, 2.24) is 19.7 Å². The second-order valence-electron chi connectivity index (χ2n) is 7.61. The van der Waals surface area contributed by atoms with Crippen molar-refractivity contribution in [3.63, 3.8) is 0 Å². The first-order valence-corrected chi connectivity index (χ1v) is 11.6. The second-order valence-corrected chi connectivity index (χ2v) is 8.98. The molecule has 1 aliphatic heterocycles. The first-order valence-electron chi connectivity index (χ1n) is 10.3. The summed E-state index contributed by atoms with van der Waals surface area (Å²) < 4.78 is 2.08. The SMILES string of the molecule is C[C@@H]1CCCCN1C(=O)CSc1nnc(-c2ccc(Cl)cc2)n1Cc1ccccc1. The van der Waals surface area contributed by atoms with Gasteiger partial charge in [-0.3, -0.25) is 9.36 Å². The Morgan fingerprint density at radius 1 is 1.10 bits per heavy atom. The van der Waals surface area contributed by atoms with Gasteiger partial charge in [0.15, 0.2) is 11.0 Å². The molecule has 1 aliphatic rings. The lowest BCUT2D eigenvalue weighted by atomic mass is 10.0. The highest BCUT2D eigenvalue weighted by atomic mass is 35.5. The highest BCUT2D eigenvalue weighted by molar-refractivity contribution is 7.99. The van der Waals surface area contributed by atoms with Crippen molar-refractivity contribution < 1.29 is 4.79 Å². The van der Waals surface area contributed by atoms with E-state index in [-0.39, 0.29) is 5.91 Å². The normalized spacial score (nSPS) is 16.6. The number of hydrogen-bond acceptors (Lipinski definition) is 4. The maximum atomic E-state index is 12.8. The van der Waals surface area contributed by atoms with E-state index in [1.165, 1.54) is 18.2 Å². The van der Waals surface area contributed by atoms with Crippen molar-refractivity contribution in [2.75, 3.05) is 12.3 Å². The summed E-state index contributed by atoms with van der Waals surface area (Å²) in [7, 11) is 0. The van der Waals surface area contributed by atoms with E-state index in [4.69, 9.17) is 11.6 Å². The molecule has 0 unspecified atom stereocenters. The van der Waals surface area contributed by atoms with Gasteiger partial charge in [-0.2, -0.15) is 0 Å². The summed E-state index contributed by atoms with van der Waals surface area (Å²) in [6, 6.07) is 18.1. The molecule has 2 aromatic carbocycles. The Labute approximate surface area is 186 Å². The summed E-state index contributed by atoms with van der Waals surface area (Å²) in [5.41, 5.74) is 2.11. The number of halogens is 1. The average Bonchev–Trinajstić information content (AvgIpc) is 3.16. The van der Waals surface area contributed by atoms with Gasteiger partial charge < -0.3 is 4.90 Å². The molecule has 1 amide bonds. The van der Waals surface area contributed by atoms with Gasteiger partial charge in [0.2, 0.25) is 5.91 Å². The zero-order chi connectivity index (χ0) is 20.9. The maximum absolute atomic E-state index is 12.8. The van der Waals surface area contributed by atoms with Crippen molar-refractivity contribution in [1.29, 1.82) is 0 Å². The van der Waals surface area contributed by atoms with Crippen LogP contribution in [0.3, 0.4) is 0 Å². The van der Waals surface area contributed by atoms with Crippen LogP contribution in [0.15, 0.2) is 59.8 Å². The minimum Gasteiger partial charge on any atom is -0.339 e. The van der Waals surface area contributed by atoms with Gasteiger partial charge in [0, 0.05) is 23.2 Å². The molecule has 0 spiro atoms. The molecule has 1 atom stereocenters. The maximum Gasteiger partial charge on any atom is 0.233 e. The predicted molar refractivity (Wildman–Crippen MR) is 122 cm³/mol. The molecule has 5 nitrogen and oxygen atoms in total. The van der Waals surface area contributed by atoms with Crippen LogP contribution in [0.2, 0.25) is 5.02 Å². The number of nitrogens with zero attached hydrogens (tertiary/aromatic N) is 4. The first-order chi connectivity index (χ1) is 14.6. The molecule has 2 heterocycles. The van der Waals surface area contributed by atoms with E-state index in [0.717, 1.165) is 41.5 Å². The number of carbonyl (C=O) groups excluding carboxylic acids is 1. The monoisotopic (exact) mass is 440 g/mol. The van der Waals surface area contributed by atoms with Crippen LogP contribution >= 0.6 is 23.4 Å². The number of likely N-dealkylation sites (tertiary alicyclic amines) is 1. The van der Waals surface area contributed by atoms with E-state index in [1.807, 2.05) is 47.4 Å². The summed E-state index contributed by atoms with van der Waals surface area (Å²) in [5, 5.41) is 10.3. The van der Waals surface area contributed by atoms with Crippen LogP contribution in [-0.4, -0.2) is 43.9 Å². The third-order valence-electron chi connectivity index (χ3n) is 5.45. The van der Waals surface area contributed by atoms with E-state index in [9.17, 15) is 4.79 Å². The van der Waals surface area contributed by atoms with Crippen LogP contribution in [0.4, 0.5) is 0 Å². The number of piperidine rings is 1. The Morgan fingerprint density at radius 3 is 2.60 bits per heavy atom. The van der Waals surface area contributed by atoms with E-state index < -0.39 is 0 Å². The smallest absolute Gasteiger partial charge is 0.233 e. The molecule has 1 saturated heterocycles. The molecule has 1 fully saturated rings. The third kappa shape index (κ3) is 4.87. The molecule has 3 aromatic rings. The lowest BCUT2D eigenvalue weighted by Crippen LogP contribution is -2.43. The largest absolute Gasteiger partial charge is 0.339 e. The number of hydrogen-bond donors (Lipinski definition) is 0. The van der Waals surface area contributed by atoms with Crippen molar-refractivity contribution in [3.8, 4) is 11.4 Å². The quantitative estimate of drug-likeness (QED) is 0.498. The molecule has 1 aromatic heterocycles. The van der Waals surface area contributed by atoms with Gasteiger partial charge in [0.05, 0.1) is 12.3 Å². The van der Waals surface area contributed by atoms with Crippen molar-refractivity contribution in [3.05, 3.63) is 65.2 Å². The number of benzene rings is 2. The molecule has 156 valence electrons. The average molecular weight is 441 g/mol. The summed E-state index contributed by atoms with van der Waals surface area (Å²) >= 11 is 7.52. The predicted octanol–water partition coefficient (Wildman–Crippen LogP) is 5.14. The van der Waals surface area contributed by atoms with E-state index >= 15 is 0 Å². The summed E-state index contributed by atoms with van der Waals surface area (Å²) in [6.07, 6.45) is 3.38. The summed E-state index contributed by atoms with van der Waals surface area (Å²) in [5.74, 6) is 1.32. The Hall–Kier alpha value is -2.31. The van der Waals surface area contributed by atoms with Crippen molar-refractivity contribution >= 4 is 29.3 Å². The number of aromatic nitrogens is 3. The minimum atomic E-state index is 0.175. The third-order valence-corrected chi connectivity index (χ3v) is 6.65. The standard InChI is InChI=1S/C23H25ClN4OS/c1-17-7-5-6-14-27(17)21(29)16-30-23-26-25-22(19-10-12-20(24)13-11-19)28(23)15-18-8-3-2-4-9-18/h2-4,8-13,17H,5-7,14-16H2,1H3/t17-/m1/s1. The highest BCUT2D eigenvalue weighted by Crippen LogP contribution is 2.27. The molecular weight excluding hydrogens is 416 g/mol. The number of rotatable bonds is 6. The Balaban J connectivity index is 1.57. The zero-order valence-corrected chi connectivity index (χ0v) is 18.6. The Kier molecular flexibility index (Phi) is 6.75. The van der Waals surface area contributed by atoms with Gasteiger partial charge in [0.25, 0.3) is 0 Å².